The molecule has 5 N–H and O–H groups in total. The average molecular weight is 669 g/mol. The zero-order valence-corrected chi connectivity index (χ0v) is 27.9. The number of halogens is 2. The van der Waals surface area contributed by atoms with Crippen molar-refractivity contribution in [3.8, 4) is 0 Å². The number of hydrogen-bond acceptors (Lipinski definition) is 8. The van der Waals surface area contributed by atoms with Gasteiger partial charge in [-0.1, -0.05) is 26.7 Å². The van der Waals surface area contributed by atoms with Gasteiger partial charge in [0.25, 0.3) is 5.91 Å². The number of nitrogens with zero attached hydrogens (tertiary/aromatic N) is 1. The second-order valence-corrected chi connectivity index (χ2v) is 13.3. The van der Waals surface area contributed by atoms with Crippen molar-refractivity contribution in [1.82, 2.24) is 20.9 Å². The molecule has 1 aromatic carbocycles. The molecule has 45 heavy (non-hydrogen) atoms. The number of carbonyl (C=O) groups excluding carboxylic acids is 3. The minimum Gasteiger partial charge on any atom is -0.388 e. The number of nitrogens with one attached hydrogen (secondary N) is 3. The van der Waals surface area contributed by atoms with Crippen LogP contribution in [-0.4, -0.2) is 86.3 Å². The van der Waals surface area contributed by atoms with Crippen molar-refractivity contribution in [2.24, 2.45) is 0 Å². The fourth-order valence-electron chi connectivity index (χ4n) is 4.94. The Kier molecular flexibility index (Phi) is 17.4. The van der Waals surface area contributed by atoms with Crippen LogP contribution in [0.4, 0.5) is 8.78 Å². The highest BCUT2D eigenvalue weighted by Gasteiger charge is 2.35. The Morgan fingerprint density at radius 2 is 1.58 bits per heavy atom. The smallest absolute Gasteiger partial charge is 0.253 e. The zero-order valence-electron chi connectivity index (χ0n) is 26.3. The lowest BCUT2D eigenvalue weighted by atomic mass is 9.92. The van der Waals surface area contributed by atoms with Gasteiger partial charge in [-0.05, 0) is 67.5 Å². The Bertz CT molecular complexity index is 1190. The van der Waals surface area contributed by atoms with Crippen LogP contribution in [0.5, 0.6) is 0 Å². The third-order valence-corrected chi connectivity index (χ3v) is 9.28. The number of aliphatic hydroxyl groups is 2. The van der Waals surface area contributed by atoms with Crippen LogP contribution >= 0.6 is 23.5 Å². The van der Waals surface area contributed by atoms with Gasteiger partial charge in [0.15, 0.2) is 0 Å². The molecule has 2 rings (SSSR count). The van der Waals surface area contributed by atoms with E-state index < -0.39 is 59.7 Å². The molecule has 0 bridgehead atoms. The molecule has 0 saturated carbocycles. The second-order valence-electron chi connectivity index (χ2n) is 11.0. The van der Waals surface area contributed by atoms with Crippen LogP contribution in [0, 0.1) is 11.6 Å². The summed E-state index contributed by atoms with van der Waals surface area (Å²) in [6.45, 7) is 5.45. The van der Waals surface area contributed by atoms with Crippen LogP contribution in [0.1, 0.15) is 68.8 Å². The van der Waals surface area contributed by atoms with Crippen molar-refractivity contribution in [2.45, 2.75) is 94.9 Å². The molecule has 0 saturated heterocycles. The summed E-state index contributed by atoms with van der Waals surface area (Å²) >= 11 is 3.05. The van der Waals surface area contributed by atoms with Crippen molar-refractivity contribution in [3.63, 3.8) is 0 Å². The molecule has 1 heterocycles. The summed E-state index contributed by atoms with van der Waals surface area (Å²) in [6, 6.07) is 2.92. The lowest BCUT2D eigenvalue weighted by Gasteiger charge is -2.33. The van der Waals surface area contributed by atoms with Gasteiger partial charge in [0.1, 0.15) is 29.9 Å². The van der Waals surface area contributed by atoms with E-state index in [1.54, 1.807) is 23.9 Å². The van der Waals surface area contributed by atoms with Crippen LogP contribution in [0.15, 0.2) is 42.7 Å². The maximum atomic E-state index is 14.1. The van der Waals surface area contributed by atoms with E-state index in [1.807, 2.05) is 6.26 Å². The van der Waals surface area contributed by atoms with Crippen LogP contribution < -0.4 is 16.0 Å². The predicted molar refractivity (Wildman–Crippen MR) is 176 cm³/mol. The van der Waals surface area contributed by atoms with Crippen LogP contribution in [-0.2, 0) is 16.0 Å². The monoisotopic (exact) mass is 668 g/mol. The van der Waals surface area contributed by atoms with Crippen LogP contribution in [0.25, 0.3) is 0 Å². The Morgan fingerprint density at radius 1 is 0.933 bits per heavy atom. The van der Waals surface area contributed by atoms with Crippen molar-refractivity contribution >= 4 is 41.2 Å². The number of carbonyl (C=O) groups is 3. The van der Waals surface area contributed by atoms with Gasteiger partial charge in [-0.15, -0.1) is 0 Å². The van der Waals surface area contributed by atoms with Gasteiger partial charge in [0.05, 0.1) is 17.6 Å². The highest BCUT2D eigenvalue weighted by atomic mass is 32.2. The van der Waals surface area contributed by atoms with Gasteiger partial charge in [-0.2, -0.15) is 23.5 Å². The molecule has 0 spiro atoms. The number of aromatic nitrogens is 1. The summed E-state index contributed by atoms with van der Waals surface area (Å²) in [5.41, 5.74) is 0.397. The Hall–Kier alpha value is -2.74. The Morgan fingerprint density at radius 3 is 2.13 bits per heavy atom. The summed E-state index contributed by atoms with van der Waals surface area (Å²) in [7, 11) is 0. The standard InChI is InChI=1S/C32H46F2N4O5S2/c1-5-8-25(9-6-2)45-19-28(38-31(42)22-10-7-12-35-18-22)32(43)37-27(16-21-14-23(33)17-24(34)15-21)30(41)29(40)26(11-13-44-4)36-20(3)39/h7,10,12,14-15,17-18,25-30,40-41H,5-6,8-9,11,13,16,19H2,1-4H3,(H,36,39)(H,37,43)(H,38,42). The molecule has 5 atom stereocenters. The van der Waals surface area contributed by atoms with Gasteiger partial charge in [-0.3, -0.25) is 19.4 Å². The van der Waals surface area contributed by atoms with E-state index in [-0.39, 0.29) is 28.6 Å². The molecule has 0 aliphatic carbocycles. The Labute approximate surface area is 273 Å². The molecule has 0 aliphatic rings. The number of hydrogen-bond donors (Lipinski definition) is 5. The molecule has 0 aliphatic heterocycles. The average Bonchev–Trinajstić information content (AvgIpc) is 2.99. The van der Waals surface area contributed by atoms with E-state index in [2.05, 4.69) is 34.8 Å². The fourth-order valence-corrected chi connectivity index (χ4v) is 6.94. The fraction of sp³-hybridized carbons (Fsp3) is 0.562. The molecule has 1 aromatic heterocycles. The SMILES string of the molecule is CCCC(CCC)SCC(NC(=O)c1cccnc1)C(=O)NC(Cc1cc(F)cc(F)c1)C(O)C(O)C(CCSC)NC(C)=O. The number of thioether (sulfide) groups is 2. The summed E-state index contributed by atoms with van der Waals surface area (Å²) in [6.07, 6.45) is 5.46. The molecule has 5 unspecified atom stereocenters. The number of aliphatic hydroxyl groups excluding tert-OH is 2. The van der Waals surface area contributed by atoms with Crippen molar-refractivity contribution in [2.75, 3.05) is 17.8 Å². The molecule has 13 heteroatoms. The topological polar surface area (TPSA) is 141 Å². The third kappa shape index (κ3) is 13.6. The van der Waals surface area contributed by atoms with Gasteiger partial charge in [0.2, 0.25) is 11.8 Å². The first kappa shape index (κ1) is 38.4. The largest absolute Gasteiger partial charge is 0.388 e. The van der Waals surface area contributed by atoms with Gasteiger partial charge in [-0.25, -0.2) is 8.78 Å². The summed E-state index contributed by atoms with van der Waals surface area (Å²) in [5, 5.41) is 31.0. The number of rotatable bonds is 20. The Balaban J connectivity index is 2.41. The summed E-state index contributed by atoms with van der Waals surface area (Å²) in [4.78, 5) is 42.8. The molecular formula is C32H46F2N4O5S2. The van der Waals surface area contributed by atoms with Gasteiger partial charge >= 0.3 is 0 Å². The van der Waals surface area contributed by atoms with E-state index in [9.17, 15) is 33.4 Å². The minimum atomic E-state index is -1.64. The van der Waals surface area contributed by atoms with E-state index in [1.165, 1.54) is 31.1 Å². The molecule has 250 valence electrons. The van der Waals surface area contributed by atoms with Crippen LogP contribution in [0.3, 0.4) is 0 Å². The minimum absolute atomic E-state index is 0.139. The van der Waals surface area contributed by atoms with Crippen molar-refractivity contribution in [3.05, 3.63) is 65.5 Å². The first-order valence-electron chi connectivity index (χ1n) is 15.2. The maximum absolute atomic E-state index is 14.1. The summed E-state index contributed by atoms with van der Waals surface area (Å²) < 4.78 is 28.2. The zero-order chi connectivity index (χ0) is 33.4. The first-order chi connectivity index (χ1) is 21.5. The lowest BCUT2D eigenvalue weighted by Crippen LogP contribution is -2.59. The maximum Gasteiger partial charge on any atom is 0.253 e. The van der Waals surface area contributed by atoms with Crippen LogP contribution in [0.2, 0.25) is 0 Å². The molecule has 2 aromatic rings. The predicted octanol–water partition coefficient (Wildman–Crippen LogP) is 3.87. The summed E-state index contributed by atoms with van der Waals surface area (Å²) in [5.74, 6) is -2.45. The molecule has 9 nitrogen and oxygen atoms in total. The van der Waals surface area contributed by atoms with E-state index >= 15 is 0 Å². The highest BCUT2D eigenvalue weighted by Crippen LogP contribution is 2.23. The molecule has 0 fully saturated rings. The first-order valence-corrected chi connectivity index (χ1v) is 17.6. The third-order valence-electron chi connectivity index (χ3n) is 7.17. The number of benzene rings is 1. The molecular weight excluding hydrogens is 623 g/mol. The van der Waals surface area contributed by atoms with E-state index in [4.69, 9.17) is 0 Å². The number of amides is 3. The normalized spacial score (nSPS) is 14.7. The highest BCUT2D eigenvalue weighted by molar-refractivity contribution is 8.00. The lowest BCUT2D eigenvalue weighted by molar-refractivity contribution is -0.126. The van der Waals surface area contributed by atoms with Gasteiger partial charge < -0.3 is 26.2 Å². The van der Waals surface area contributed by atoms with Crippen molar-refractivity contribution < 1.29 is 33.4 Å². The van der Waals surface area contributed by atoms with E-state index in [0.717, 1.165) is 37.8 Å². The molecule has 0 radical (unpaired) electrons. The van der Waals surface area contributed by atoms with Gasteiger partial charge in [0, 0.05) is 36.4 Å². The quantitative estimate of drug-likeness (QED) is 0.143. The number of pyridine rings is 1. The second kappa shape index (κ2) is 20.4. The van der Waals surface area contributed by atoms with E-state index in [0.29, 0.717) is 18.2 Å². The van der Waals surface area contributed by atoms with Crippen molar-refractivity contribution in [1.29, 1.82) is 0 Å². The molecule has 3 amide bonds.